The molecule has 1 saturated heterocycles. The van der Waals surface area contributed by atoms with Crippen molar-refractivity contribution >= 4 is 10.1 Å². The van der Waals surface area contributed by atoms with E-state index in [1.54, 1.807) is 0 Å². The maximum Gasteiger partial charge on any atom is 0.327 e. The van der Waals surface area contributed by atoms with Gasteiger partial charge in [-0.1, -0.05) is 0 Å². The van der Waals surface area contributed by atoms with Crippen molar-refractivity contribution < 1.29 is 43.2 Å². The first kappa shape index (κ1) is 13.7. The first-order valence-corrected chi connectivity index (χ1v) is 5.61. The second kappa shape index (κ2) is 4.16. The van der Waals surface area contributed by atoms with Crippen LogP contribution in [0.25, 0.3) is 0 Å². The van der Waals surface area contributed by atoms with Gasteiger partial charge < -0.3 is 30.3 Å². The van der Waals surface area contributed by atoms with Crippen LogP contribution in [0.3, 0.4) is 0 Å². The molecule has 6 N–H and O–H groups in total. The van der Waals surface area contributed by atoms with E-state index in [9.17, 15) is 28.8 Å². The zero-order chi connectivity index (χ0) is 12.7. The average molecular weight is 260 g/mol. The molecule has 9 nitrogen and oxygen atoms in total. The maximum atomic E-state index is 10.8. The smallest absolute Gasteiger partial charge is 0.327 e. The summed E-state index contributed by atoms with van der Waals surface area (Å²) in [6.45, 7) is -0.928. The molecular formula is C6H12O9S. The Hall–Kier alpha value is -0.330. The molecule has 1 aliphatic rings. The summed E-state index contributed by atoms with van der Waals surface area (Å²) in [6, 6.07) is 0. The quantitative estimate of drug-likeness (QED) is 0.271. The van der Waals surface area contributed by atoms with E-state index in [4.69, 9.17) is 9.66 Å². The highest BCUT2D eigenvalue weighted by atomic mass is 32.2. The fraction of sp³-hybridized carbons (Fsp3) is 1.00. The molecule has 96 valence electrons. The number of aliphatic hydroxyl groups is 5. The summed E-state index contributed by atoms with van der Waals surface area (Å²) >= 11 is 0. The van der Waals surface area contributed by atoms with Crippen molar-refractivity contribution in [3.63, 3.8) is 0 Å². The lowest BCUT2D eigenvalue weighted by Gasteiger charge is -2.42. The van der Waals surface area contributed by atoms with Crippen LogP contribution in [-0.4, -0.2) is 74.6 Å². The Morgan fingerprint density at radius 1 is 1.19 bits per heavy atom. The van der Waals surface area contributed by atoms with E-state index >= 15 is 0 Å². The zero-order valence-electron chi connectivity index (χ0n) is 7.83. The van der Waals surface area contributed by atoms with E-state index in [2.05, 4.69) is 4.74 Å². The van der Waals surface area contributed by atoms with Gasteiger partial charge in [0.25, 0.3) is 0 Å². The Morgan fingerprint density at radius 2 is 1.69 bits per heavy atom. The van der Waals surface area contributed by atoms with Crippen molar-refractivity contribution in [3.05, 3.63) is 0 Å². The summed E-state index contributed by atoms with van der Waals surface area (Å²) in [4.78, 5) is 0. The van der Waals surface area contributed by atoms with Gasteiger partial charge in [0, 0.05) is 0 Å². The third-order valence-corrected chi connectivity index (χ3v) is 3.37. The minimum Gasteiger partial charge on any atom is -0.394 e. The van der Waals surface area contributed by atoms with Gasteiger partial charge in [-0.15, -0.1) is 0 Å². The first-order valence-electron chi connectivity index (χ1n) is 4.17. The zero-order valence-corrected chi connectivity index (χ0v) is 8.65. The molecule has 0 amide bonds. The molecule has 10 heteroatoms. The summed E-state index contributed by atoms with van der Waals surface area (Å²) in [5, 5.41) is 42.2. The molecule has 0 aliphatic carbocycles. The molecule has 1 fully saturated rings. The lowest BCUT2D eigenvalue weighted by atomic mass is 9.99. The maximum absolute atomic E-state index is 10.8. The van der Waals surface area contributed by atoms with Crippen LogP contribution in [0.4, 0.5) is 0 Å². The topological polar surface area (TPSA) is 165 Å². The Kier molecular flexibility index (Phi) is 3.57. The normalized spacial score (nSPS) is 45.6. The van der Waals surface area contributed by atoms with E-state index < -0.39 is 46.3 Å². The van der Waals surface area contributed by atoms with E-state index in [0.717, 1.165) is 0 Å². The molecule has 1 aliphatic heterocycles. The molecule has 1 heterocycles. The molecule has 0 bridgehead atoms. The van der Waals surface area contributed by atoms with Gasteiger partial charge >= 0.3 is 15.2 Å². The van der Waals surface area contributed by atoms with Crippen LogP contribution in [0.15, 0.2) is 0 Å². The van der Waals surface area contributed by atoms with Crippen LogP contribution in [0.2, 0.25) is 0 Å². The van der Waals surface area contributed by atoms with E-state index in [-0.39, 0.29) is 0 Å². The van der Waals surface area contributed by atoms with Crippen LogP contribution in [-0.2, 0) is 14.9 Å². The number of ether oxygens (including phenoxy) is 1. The molecule has 0 saturated carbocycles. The molecule has 0 aromatic heterocycles. The molecule has 5 atom stereocenters. The molecule has 16 heavy (non-hydrogen) atoms. The Morgan fingerprint density at radius 3 is 2.06 bits per heavy atom. The number of hydrogen-bond donors (Lipinski definition) is 6. The van der Waals surface area contributed by atoms with Crippen LogP contribution >= 0.6 is 0 Å². The summed E-state index contributed by atoms with van der Waals surface area (Å²) in [5.41, 5.74) is 0. The van der Waals surface area contributed by atoms with E-state index in [1.807, 2.05) is 0 Å². The Balaban J connectivity index is 3.14. The number of rotatable bonds is 2. The van der Waals surface area contributed by atoms with Gasteiger partial charge in [-0.25, -0.2) is 0 Å². The molecule has 0 radical (unpaired) electrons. The molecule has 0 unspecified atom stereocenters. The highest BCUT2D eigenvalue weighted by molar-refractivity contribution is 7.86. The van der Waals surface area contributed by atoms with Crippen molar-refractivity contribution in [2.24, 2.45) is 0 Å². The monoisotopic (exact) mass is 260 g/mol. The van der Waals surface area contributed by atoms with Crippen molar-refractivity contribution in [2.45, 2.75) is 29.5 Å². The van der Waals surface area contributed by atoms with E-state index in [1.165, 1.54) is 0 Å². The summed E-state index contributed by atoms with van der Waals surface area (Å²) in [5.74, 6) is 0. The van der Waals surface area contributed by atoms with Crippen molar-refractivity contribution in [3.8, 4) is 0 Å². The van der Waals surface area contributed by atoms with E-state index in [0.29, 0.717) is 0 Å². The van der Waals surface area contributed by atoms with Crippen molar-refractivity contribution in [2.75, 3.05) is 6.61 Å². The van der Waals surface area contributed by atoms with Gasteiger partial charge in [0.2, 0.25) is 0 Å². The second-order valence-electron chi connectivity index (χ2n) is 3.37. The predicted molar refractivity (Wildman–Crippen MR) is 46.5 cm³/mol. The highest BCUT2D eigenvalue weighted by Crippen LogP contribution is 2.31. The highest BCUT2D eigenvalue weighted by Gasteiger charge is 2.60. The lowest BCUT2D eigenvalue weighted by Crippen LogP contribution is -2.67. The van der Waals surface area contributed by atoms with Crippen molar-refractivity contribution in [1.82, 2.24) is 0 Å². The summed E-state index contributed by atoms with van der Waals surface area (Å²) in [7, 11) is -5.27. The number of aliphatic hydroxyl groups excluding tert-OH is 4. The van der Waals surface area contributed by atoms with Gasteiger partial charge in [-0.05, 0) is 0 Å². The third-order valence-electron chi connectivity index (χ3n) is 2.30. The Bertz CT molecular complexity index is 351. The Labute approximate surface area is 90.3 Å². The van der Waals surface area contributed by atoms with Crippen LogP contribution < -0.4 is 0 Å². The van der Waals surface area contributed by atoms with Gasteiger partial charge in [0.05, 0.1) is 6.61 Å². The lowest BCUT2D eigenvalue weighted by molar-refractivity contribution is -0.311. The molecule has 0 spiro atoms. The largest absolute Gasteiger partial charge is 0.394 e. The summed E-state index contributed by atoms with van der Waals surface area (Å²) in [6.07, 6.45) is -8.04. The SMILES string of the molecule is O=S(=O)(O)[C@@]1(O)O[C@H](CO)[C@H](O)[C@H](O)[C@H]1O. The fourth-order valence-electron chi connectivity index (χ4n) is 1.34. The van der Waals surface area contributed by atoms with Crippen molar-refractivity contribution in [1.29, 1.82) is 0 Å². The second-order valence-corrected chi connectivity index (χ2v) is 4.91. The van der Waals surface area contributed by atoms with Gasteiger partial charge in [0.1, 0.15) is 18.3 Å². The van der Waals surface area contributed by atoms with Crippen LogP contribution in [0.5, 0.6) is 0 Å². The predicted octanol–water partition coefficient (Wildman–Crippen LogP) is -4.01. The molecular weight excluding hydrogens is 248 g/mol. The number of hydrogen-bond acceptors (Lipinski definition) is 8. The average Bonchev–Trinajstić information content (AvgIpc) is 2.19. The van der Waals surface area contributed by atoms with Crippen LogP contribution in [0.1, 0.15) is 0 Å². The fourth-order valence-corrected chi connectivity index (χ4v) is 2.03. The van der Waals surface area contributed by atoms with Crippen LogP contribution in [0, 0.1) is 0 Å². The van der Waals surface area contributed by atoms with Gasteiger partial charge in [-0.2, -0.15) is 8.42 Å². The molecule has 0 aromatic carbocycles. The van der Waals surface area contributed by atoms with Gasteiger partial charge in [0.15, 0.2) is 6.10 Å². The molecule has 1 rings (SSSR count). The first-order chi connectivity index (χ1) is 7.15. The molecule has 0 aromatic rings. The standard InChI is InChI=1S/C6H12O9S/c7-1-2-3(8)4(9)5(10)6(11,15-2)16(12,13)14/h2-5,7-11H,1H2,(H,12,13,14)/t2-,3+,4+,5-,6+/m1/s1. The minimum absolute atomic E-state index is 0.928. The van der Waals surface area contributed by atoms with Gasteiger partial charge in [-0.3, -0.25) is 4.55 Å². The minimum atomic E-state index is -5.27. The summed E-state index contributed by atoms with van der Waals surface area (Å²) < 4.78 is 34.5. The third kappa shape index (κ3) is 1.94.